The summed E-state index contributed by atoms with van der Waals surface area (Å²) in [6, 6.07) is 18.2. The maximum absolute atomic E-state index is 13.2. The maximum Gasteiger partial charge on any atom is 0.265 e. The average molecular weight is 355 g/mol. The Labute approximate surface area is 157 Å². The van der Waals surface area contributed by atoms with Gasteiger partial charge in [-0.3, -0.25) is 9.59 Å². The standard InChI is InChI=1S/C23H17NO3/c1-16-8-2-5-14-21(16)24-22(25)19-12-4-3-11-18(19)20(23(24)26)13-6-9-17-10-7-15-27-17/h2-15H,1H3/b9-6+,20-13+. The Morgan fingerprint density at radius 1 is 0.852 bits per heavy atom. The summed E-state index contributed by atoms with van der Waals surface area (Å²) in [5.74, 6) is 0.0457. The van der Waals surface area contributed by atoms with Gasteiger partial charge in [-0.25, -0.2) is 4.90 Å². The van der Waals surface area contributed by atoms with Crippen LogP contribution in [0.3, 0.4) is 0 Å². The van der Waals surface area contributed by atoms with Gasteiger partial charge in [-0.15, -0.1) is 0 Å². The number of aryl methyl sites for hydroxylation is 1. The molecule has 1 aromatic heterocycles. The van der Waals surface area contributed by atoms with Crippen LogP contribution in [-0.4, -0.2) is 11.8 Å². The first-order valence-electron chi connectivity index (χ1n) is 8.62. The number of nitrogens with zero attached hydrogens (tertiary/aromatic N) is 1. The lowest BCUT2D eigenvalue weighted by molar-refractivity contribution is -0.112. The van der Waals surface area contributed by atoms with Gasteiger partial charge in [-0.05, 0) is 54.5 Å². The van der Waals surface area contributed by atoms with Crippen molar-refractivity contribution in [1.82, 2.24) is 0 Å². The van der Waals surface area contributed by atoms with Gasteiger partial charge in [0.1, 0.15) is 5.76 Å². The molecule has 0 aliphatic carbocycles. The number of furan rings is 1. The lowest BCUT2D eigenvalue weighted by atomic mass is 9.92. The summed E-state index contributed by atoms with van der Waals surface area (Å²) in [7, 11) is 0. The van der Waals surface area contributed by atoms with Crippen LogP contribution in [0.1, 0.15) is 27.2 Å². The number of para-hydroxylation sites is 1. The van der Waals surface area contributed by atoms with Crippen LogP contribution < -0.4 is 4.90 Å². The second-order valence-corrected chi connectivity index (χ2v) is 6.23. The van der Waals surface area contributed by atoms with E-state index in [1.807, 2.05) is 37.3 Å². The fraction of sp³-hybridized carbons (Fsp3) is 0.0435. The molecule has 0 radical (unpaired) electrons. The smallest absolute Gasteiger partial charge is 0.265 e. The first-order valence-corrected chi connectivity index (χ1v) is 8.62. The van der Waals surface area contributed by atoms with Gasteiger partial charge in [-0.1, -0.05) is 42.5 Å². The van der Waals surface area contributed by atoms with Crippen molar-refractivity contribution in [2.24, 2.45) is 0 Å². The number of amides is 2. The Morgan fingerprint density at radius 3 is 2.33 bits per heavy atom. The van der Waals surface area contributed by atoms with Crippen LogP contribution in [0.4, 0.5) is 5.69 Å². The molecule has 2 heterocycles. The number of allylic oxidation sites excluding steroid dienone is 2. The van der Waals surface area contributed by atoms with E-state index in [0.717, 1.165) is 5.56 Å². The van der Waals surface area contributed by atoms with Gasteiger partial charge in [0, 0.05) is 11.1 Å². The minimum atomic E-state index is -0.336. The van der Waals surface area contributed by atoms with Crippen LogP contribution in [0, 0.1) is 6.92 Å². The number of fused-ring (bicyclic) bond motifs is 1. The number of rotatable bonds is 3. The molecule has 1 aliphatic rings. The Kier molecular flexibility index (Phi) is 4.30. The van der Waals surface area contributed by atoms with E-state index >= 15 is 0 Å². The van der Waals surface area contributed by atoms with Crippen molar-refractivity contribution in [3.63, 3.8) is 0 Å². The second kappa shape index (κ2) is 6.92. The third kappa shape index (κ3) is 3.02. The normalized spacial score (nSPS) is 15.6. The molecule has 4 heteroatoms. The van der Waals surface area contributed by atoms with Crippen molar-refractivity contribution in [2.45, 2.75) is 6.92 Å². The van der Waals surface area contributed by atoms with Crippen LogP contribution in [0.5, 0.6) is 0 Å². The Bertz CT molecular complexity index is 1070. The SMILES string of the molecule is Cc1ccccc1N1C(=O)/C(=C/C=C/c2ccco2)c2ccccc2C1=O. The molecule has 1 aliphatic heterocycles. The molecule has 0 bridgehead atoms. The molecule has 0 spiro atoms. The molecule has 2 aromatic carbocycles. The maximum atomic E-state index is 13.2. The third-order valence-corrected chi connectivity index (χ3v) is 4.51. The Balaban J connectivity index is 1.83. The lowest BCUT2D eigenvalue weighted by Crippen LogP contribution is -2.42. The van der Waals surface area contributed by atoms with E-state index in [0.29, 0.717) is 28.1 Å². The van der Waals surface area contributed by atoms with Crippen LogP contribution in [0.15, 0.2) is 83.5 Å². The van der Waals surface area contributed by atoms with Crippen LogP contribution in [0.2, 0.25) is 0 Å². The van der Waals surface area contributed by atoms with Crippen molar-refractivity contribution < 1.29 is 14.0 Å². The largest absolute Gasteiger partial charge is 0.465 e. The minimum absolute atomic E-state index is 0.308. The van der Waals surface area contributed by atoms with Gasteiger partial charge in [0.05, 0.1) is 12.0 Å². The highest BCUT2D eigenvalue weighted by molar-refractivity contribution is 6.41. The van der Waals surface area contributed by atoms with E-state index in [2.05, 4.69) is 0 Å². The predicted molar refractivity (Wildman–Crippen MR) is 105 cm³/mol. The molecule has 3 aromatic rings. The molecule has 2 amide bonds. The Morgan fingerprint density at radius 2 is 1.59 bits per heavy atom. The number of anilines is 1. The summed E-state index contributed by atoms with van der Waals surface area (Å²) in [5, 5.41) is 0. The fourth-order valence-electron chi connectivity index (χ4n) is 3.17. The Hall–Kier alpha value is -3.66. The van der Waals surface area contributed by atoms with E-state index < -0.39 is 0 Å². The summed E-state index contributed by atoms with van der Waals surface area (Å²) in [5.41, 5.74) is 3.09. The van der Waals surface area contributed by atoms with Crippen molar-refractivity contribution in [1.29, 1.82) is 0 Å². The van der Waals surface area contributed by atoms with Gasteiger partial charge in [0.15, 0.2) is 0 Å². The van der Waals surface area contributed by atoms with Gasteiger partial charge in [0.2, 0.25) is 0 Å². The molecule has 0 atom stereocenters. The molecule has 0 unspecified atom stereocenters. The van der Waals surface area contributed by atoms with Crippen LogP contribution >= 0.6 is 0 Å². The van der Waals surface area contributed by atoms with E-state index in [4.69, 9.17) is 4.42 Å². The molecule has 0 saturated carbocycles. The summed E-state index contributed by atoms with van der Waals surface area (Å²) in [6.07, 6.45) is 6.85. The minimum Gasteiger partial charge on any atom is -0.465 e. The highest BCUT2D eigenvalue weighted by Crippen LogP contribution is 2.33. The molecular weight excluding hydrogens is 338 g/mol. The zero-order valence-corrected chi connectivity index (χ0v) is 14.8. The van der Waals surface area contributed by atoms with Crippen molar-refractivity contribution >= 4 is 29.2 Å². The monoisotopic (exact) mass is 355 g/mol. The van der Waals surface area contributed by atoms with Gasteiger partial charge >= 0.3 is 0 Å². The van der Waals surface area contributed by atoms with Crippen molar-refractivity contribution in [3.05, 3.63) is 102 Å². The predicted octanol–water partition coefficient (Wildman–Crippen LogP) is 4.87. The third-order valence-electron chi connectivity index (χ3n) is 4.51. The number of carbonyl (C=O) groups is 2. The number of carbonyl (C=O) groups excluding carboxylic acids is 2. The van der Waals surface area contributed by atoms with E-state index in [1.54, 1.807) is 54.8 Å². The van der Waals surface area contributed by atoms with Crippen molar-refractivity contribution in [3.8, 4) is 0 Å². The summed E-state index contributed by atoms with van der Waals surface area (Å²) >= 11 is 0. The van der Waals surface area contributed by atoms with Crippen LogP contribution in [-0.2, 0) is 4.79 Å². The molecule has 0 N–H and O–H groups in total. The van der Waals surface area contributed by atoms with Crippen LogP contribution in [0.25, 0.3) is 11.6 Å². The number of benzene rings is 2. The van der Waals surface area contributed by atoms with Gasteiger partial charge < -0.3 is 4.42 Å². The topological polar surface area (TPSA) is 50.5 Å². The summed E-state index contributed by atoms with van der Waals surface area (Å²) in [6.45, 7) is 1.89. The zero-order chi connectivity index (χ0) is 18.8. The van der Waals surface area contributed by atoms with E-state index in [9.17, 15) is 9.59 Å². The van der Waals surface area contributed by atoms with Crippen molar-refractivity contribution in [2.75, 3.05) is 4.90 Å². The van der Waals surface area contributed by atoms with E-state index in [1.165, 1.54) is 4.90 Å². The molecule has 4 rings (SSSR count). The second-order valence-electron chi connectivity index (χ2n) is 6.23. The number of imide groups is 1. The highest BCUT2D eigenvalue weighted by atomic mass is 16.3. The van der Waals surface area contributed by atoms with E-state index in [-0.39, 0.29) is 11.8 Å². The molecular formula is C23H17NO3. The molecule has 0 saturated heterocycles. The average Bonchev–Trinajstić information content (AvgIpc) is 3.19. The molecule has 27 heavy (non-hydrogen) atoms. The molecule has 132 valence electrons. The first kappa shape index (κ1) is 16.8. The summed E-state index contributed by atoms with van der Waals surface area (Å²) < 4.78 is 5.28. The fourth-order valence-corrected chi connectivity index (χ4v) is 3.17. The lowest BCUT2D eigenvalue weighted by Gasteiger charge is -2.29. The molecule has 4 nitrogen and oxygen atoms in total. The highest BCUT2D eigenvalue weighted by Gasteiger charge is 2.35. The number of hydrogen-bond acceptors (Lipinski definition) is 3. The van der Waals surface area contributed by atoms with Gasteiger partial charge in [0.25, 0.3) is 11.8 Å². The zero-order valence-electron chi connectivity index (χ0n) is 14.8. The summed E-state index contributed by atoms with van der Waals surface area (Å²) in [4.78, 5) is 27.5. The molecule has 0 fully saturated rings. The van der Waals surface area contributed by atoms with Gasteiger partial charge in [-0.2, -0.15) is 0 Å². The first-order chi connectivity index (χ1) is 13.2. The quantitative estimate of drug-likeness (QED) is 0.497. The number of hydrogen-bond donors (Lipinski definition) is 0.